The summed E-state index contributed by atoms with van der Waals surface area (Å²) < 4.78 is 41.2. The van der Waals surface area contributed by atoms with Crippen LogP contribution in [-0.4, -0.2) is 29.1 Å². The Labute approximate surface area is 191 Å². The lowest BCUT2D eigenvalue weighted by molar-refractivity contribution is -0.117. The number of nitrogens with one attached hydrogen (secondary N) is 2. The van der Waals surface area contributed by atoms with Crippen molar-refractivity contribution < 1.29 is 17.6 Å². The number of thiazole rings is 1. The van der Waals surface area contributed by atoms with Crippen molar-refractivity contribution in [3.8, 4) is 11.3 Å². The molecule has 2 aromatic heterocycles. The number of sulfonamides is 1. The number of carbonyl (C=O) groups is 1. The molecule has 0 aliphatic heterocycles. The zero-order valence-corrected chi connectivity index (χ0v) is 18.4. The predicted molar refractivity (Wildman–Crippen MR) is 122 cm³/mol. The molecule has 0 bridgehead atoms. The molecule has 33 heavy (non-hydrogen) atoms. The summed E-state index contributed by atoms with van der Waals surface area (Å²) in [6.07, 6.45) is 1.48. The third-order valence-electron chi connectivity index (χ3n) is 4.40. The van der Waals surface area contributed by atoms with Crippen molar-refractivity contribution in [3.63, 3.8) is 0 Å². The number of benzene rings is 2. The minimum absolute atomic E-state index is 0.000541. The van der Waals surface area contributed by atoms with Crippen molar-refractivity contribution in [1.82, 2.24) is 14.8 Å². The van der Waals surface area contributed by atoms with E-state index in [1.165, 1.54) is 66.9 Å². The van der Waals surface area contributed by atoms with Gasteiger partial charge in [-0.1, -0.05) is 0 Å². The zero-order valence-electron chi connectivity index (χ0n) is 16.8. The summed E-state index contributed by atoms with van der Waals surface area (Å²) in [6.45, 7) is -0.362. The fraction of sp³-hybridized carbons (Fsp3) is 0.0476. The maximum atomic E-state index is 13.1. The molecule has 0 unspecified atom stereocenters. The molecule has 1 amide bonds. The smallest absolute Gasteiger partial charge is 0.267 e. The van der Waals surface area contributed by atoms with Gasteiger partial charge in [-0.15, -0.1) is 11.3 Å². The third-order valence-corrected chi connectivity index (χ3v) is 6.57. The van der Waals surface area contributed by atoms with Crippen molar-refractivity contribution in [2.45, 2.75) is 11.4 Å². The standard InChI is InChI=1S/C21H16FN5O4S2/c22-15-3-1-14(2-4-15)18-9-10-20(29)27(25-18)13-19(28)24-16-5-7-17(8-6-16)33(30,31)26-21-23-11-12-32-21/h1-12H,13H2,(H,23,26)(H,24,28). The molecule has 4 rings (SSSR count). The van der Waals surface area contributed by atoms with Crippen molar-refractivity contribution in [3.05, 3.63) is 88.4 Å². The van der Waals surface area contributed by atoms with Gasteiger partial charge in [0.25, 0.3) is 15.6 Å². The van der Waals surface area contributed by atoms with Crippen molar-refractivity contribution in [2.75, 3.05) is 10.0 Å². The summed E-state index contributed by atoms with van der Waals surface area (Å²) in [6, 6.07) is 13.9. The second kappa shape index (κ2) is 9.30. The van der Waals surface area contributed by atoms with E-state index in [0.717, 1.165) is 16.0 Å². The van der Waals surface area contributed by atoms with Crippen LogP contribution < -0.4 is 15.6 Å². The normalized spacial score (nSPS) is 11.2. The Bertz CT molecular complexity index is 1440. The maximum absolute atomic E-state index is 13.1. The molecule has 0 spiro atoms. The highest BCUT2D eigenvalue weighted by atomic mass is 32.2. The Morgan fingerprint density at radius 1 is 1.03 bits per heavy atom. The number of carbonyl (C=O) groups excluding carboxylic acids is 1. The second-order valence-electron chi connectivity index (χ2n) is 6.74. The molecule has 0 radical (unpaired) electrons. The molecule has 0 saturated heterocycles. The van der Waals surface area contributed by atoms with Crippen LogP contribution in [0, 0.1) is 5.82 Å². The van der Waals surface area contributed by atoms with E-state index in [1.807, 2.05) is 0 Å². The summed E-state index contributed by atoms with van der Waals surface area (Å²) in [5, 5.41) is 8.65. The first kappa shape index (κ1) is 22.3. The summed E-state index contributed by atoms with van der Waals surface area (Å²) in [5.41, 5.74) is 0.861. The van der Waals surface area contributed by atoms with Gasteiger partial charge in [0.1, 0.15) is 12.4 Å². The van der Waals surface area contributed by atoms with Gasteiger partial charge in [0.15, 0.2) is 5.13 Å². The van der Waals surface area contributed by atoms with Gasteiger partial charge in [0.05, 0.1) is 10.6 Å². The molecule has 0 aliphatic carbocycles. The molecule has 0 saturated carbocycles. The van der Waals surface area contributed by atoms with Gasteiger partial charge in [-0.25, -0.2) is 22.5 Å². The quantitative estimate of drug-likeness (QED) is 0.415. The number of nitrogens with zero attached hydrogens (tertiary/aromatic N) is 3. The van der Waals surface area contributed by atoms with Crippen LogP contribution in [0.3, 0.4) is 0 Å². The van der Waals surface area contributed by atoms with Crippen LogP contribution in [0.25, 0.3) is 11.3 Å². The Hall–Kier alpha value is -3.90. The van der Waals surface area contributed by atoms with E-state index >= 15 is 0 Å². The Morgan fingerprint density at radius 2 is 1.76 bits per heavy atom. The molecule has 4 aromatic rings. The Kier molecular flexibility index (Phi) is 6.29. The highest BCUT2D eigenvalue weighted by Gasteiger charge is 2.16. The van der Waals surface area contributed by atoms with Gasteiger partial charge in [-0.3, -0.25) is 14.3 Å². The number of amides is 1. The first-order valence-corrected chi connectivity index (χ1v) is 11.8. The Morgan fingerprint density at radius 3 is 2.42 bits per heavy atom. The molecular formula is C21H16FN5O4S2. The lowest BCUT2D eigenvalue weighted by Gasteiger charge is -2.09. The maximum Gasteiger partial charge on any atom is 0.267 e. The van der Waals surface area contributed by atoms with Crippen LogP contribution >= 0.6 is 11.3 Å². The number of rotatable bonds is 7. The highest BCUT2D eigenvalue weighted by molar-refractivity contribution is 7.93. The van der Waals surface area contributed by atoms with Crippen LogP contribution in [0.2, 0.25) is 0 Å². The van der Waals surface area contributed by atoms with Crippen LogP contribution in [0.1, 0.15) is 0 Å². The lowest BCUT2D eigenvalue weighted by Crippen LogP contribution is -2.29. The predicted octanol–water partition coefficient (Wildman–Crippen LogP) is 2.95. The van der Waals surface area contributed by atoms with Crippen LogP contribution in [-0.2, 0) is 21.4 Å². The summed E-state index contributed by atoms with van der Waals surface area (Å²) in [7, 11) is -3.81. The number of hydrogen-bond donors (Lipinski definition) is 2. The number of hydrogen-bond acceptors (Lipinski definition) is 7. The van der Waals surface area contributed by atoms with Crippen molar-refractivity contribution in [2.24, 2.45) is 0 Å². The number of aromatic nitrogens is 3. The minimum atomic E-state index is -3.81. The number of anilines is 2. The van der Waals surface area contributed by atoms with Crippen LogP contribution in [0.15, 0.2) is 81.9 Å². The van der Waals surface area contributed by atoms with Gasteiger partial charge in [0.2, 0.25) is 5.91 Å². The van der Waals surface area contributed by atoms with Gasteiger partial charge >= 0.3 is 0 Å². The lowest BCUT2D eigenvalue weighted by atomic mass is 10.1. The Balaban J connectivity index is 1.44. The molecular weight excluding hydrogens is 469 g/mol. The topological polar surface area (TPSA) is 123 Å². The van der Waals surface area contributed by atoms with Crippen molar-refractivity contribution >= 4 is 38.1 Å². The van der Waals surface area contributed by atoms with E-state index in [1.54, 1.807) is 5.38 Å². The molecule has 2 heterocycles. The van der Waals surface area contributed by atoms with E-state index in [-0.39, 0.29) is 16.6 Å². The van der Waals surface area contributed by atoms with E-state index < -0.39 is 27.3 Å². The molecule has 168 valence electrons. The summed E-state index contributed by atoms with van der Waals surface area (Å²) in [5.74, 6) is -0.929. The van der Waals surface area contributed by atoms with Crippen LogP contribution in [0.4, 0.5) is 15.2 Å². The molecule has 2 N–H and O–H groups in total. The average Bonchev–Trinajstić information content (AvgIpc) is 3.28. The molecule has 0 fully saturated rings. The van der Waals surface area contributed by atoms with Gasteiger partial charge in [0, 0.05) is 28.9 Å². The van der Waals surface area contributed by atoms with E-state index in [0.29, 0.717) is 16.9 Å². The fourth-order valence-corrected chi connectivity index (χ4v) is 4.63. The molecule has 9 nitrogen and oxygen atoms in total. The van der Waals surface area contributed by atoms with Crippen LogP contribution in [0.5, 0.6) is 0 Å². The molecule has 0 atom stereocenters. The first-order valence-electron chi connectivity index (χ1n) is 9.46. The highest BCUT2D eigenvalue weighted by Crippen LogP contribution is 2.20. The third kappa shape index (κ3) is 5.48. The van der Waals surface area contributed by atoms with E-state index in [2.05, 4.69) is 20.1 Å². The van der Waals surface area contributed by atoms with Gasteiger partial charge in [-0.05, 0) is 54.6 Å². The van der Waals surface area contributed by atoms with Gasteiger partial charge < -0.3 is 5.32 Å². The fourth-order valence-electron chi connectivity index (χ4n) is 2.84. The summed E-state index contributed by atoms with van der Waals surface area (Å²) in [4.78, 5) is 28.4. The first-order chi connectivity index (χ1) is 15.8. The average molecular weight is 486 g/mol. The zero-order chi connectivity index (χ0) is 23.4. The molecule has 2 aromatic carbocycles. The number of halogens is 1. The monoisotopic (exact) mass is 485 g/mol. The van der Waals surface area contributed by atoms with E-state index in [9.17, 15) is 22.4 Å². The molecule has 12 heteroatoms. The SMILES string of the molecule is O=C(Cn1nc(-c2ccc(F)cc2)ccc1=O)Nc1ccc(S(=O)(=O)Nc2nccs2)cc1. The largest absolute Gasteiger partial charge is 0.324 e. The second-order valence-corrected chi connectivity index (χ2v) is 9.31. The van der Waals surface area contributed by atoms with Gasteiger partial charge in [-0.2, -0.15) is 5.10 Å². The summed E-state index contributed by atoms with van der Waals surface area (Å²) >= 11 is 1.15. The van der Waals surface area contributed by atoms with Crippen molar-refractivity contribution in [1.29, 1.82) is 0 Å². The van der Waals surface area contributed by atoms with E-state index in [4.69, 9.17) is 0 Å². The molecule has 0 aliphatic rings. The minimum Gasteiger partial charge on any atom is -0.324 e.